The number of aromatic nitrogens is 4. The predicted molar refractivity (Wildman–Crippen MR) is 115 cm³/mol. The third-order valence-corrected chi connectivity index (χ3v) is 6.60. The minimum atomic E-state index is -0.322. The van der Waals surface area contributed by atoms with Crippen molar-refractivity contribution >= 4 is 28.5 Å². The molecule has 4 heterocycles. The molecule has 1 unspecified atom stereocenters. The quantitative estimate of drug-likeness (QED) is 0.583. The summed E-state index contributed by atoms with van der Waals surface area (Å²) < 4.78 is 0. The highest BCUT2D eigenvalue weighted by molar-refractivity contribution is 6.03. The van der Waals surface area contributed by atoms with Crippen LogP contribution >= 0.6 is 0 Å². The van der Waals surface area contributed by atoms with E-state index < -0.39 is 0 Å². The standard InChI is InChI=1S/C22H25N7O2/c30-18(13-25-15-3-9-23-10-4-15)29-12-6-17(22(29)7-1-2-8-22)28-21(31)19-16-5-11-24-20(16)27-14-26-19/h3-5,9-11,14,17H,1-2,6-8,12-13H2,(H,23,25)(H,28,31)(H,24,26,27). The first kappa shape index (κ1) is 19.5. The number of hydrogen-bond donors (Lipinski definition) is 3. The molecule has 1 saturated heterocycles. The summed E-state index contributed by atoms with van der Waals surface area (Å²) in [6, 6.07) is 5.41. The summed E-state index contributed by atoms with van der Waals surface area (Å²) in [4.78, 5) is 43.6. The van der Waals surface area contributed by atoms with Gasteiger partial charge in [0.25, 0.3) is 5.91 Å². The second-order valence-corrected chi connectivity index (χ2v) is 8.22. The number of fused-ring (bicyclic) bond motifs is 1. The number of hydrogen-bond acceptors (Lipinski definition) is 6. The van der Waals surface area contributed by atoms with Gasteiger partial charge in [-0.1, -0.05) is 12.8 Å². The first-order valence-electron chi connectivity index (χ1n) is 10.7. The third-order valence-electron chi connectivity index (χ3n) is 6.60. The molecule has 3 aromatic rings. The predicted octanol–water partition coefficient (Wildman–Crippen LogP) is 2.11. The average Bonchev–Trinajstić information content (AvgIpc) is 3.54. The monoisotopic (exact) mass is 419 g/mol. The van der Waals surface area contributed by atoms with Gasteiger partial charge in [0.1, 0.15) is 17.7 Å². The van der Waals surface area contributed by atoms with E-state index in [2.05, 4.69) is 30.6 Å². The number of carbonyl (C=O) groups excluding carboxylic acids is 2. The summed E-state index contributed by atoms with van der Waals surface area (Å²) in [5, 5.41) is 7.09. The summed E-state index contributed by atoms with van der Waals surface area (Å²) in [5.41, 5.74) is 1.55. The van der Waals surface area contributed by atoms with Crippen LogP contribution in [-0.2, 0) is 4.79 Å². The molecule has 0 bridgehead atoms. The summed E-state index contributed by atoms with van der Waals surface area (Å²) in [5.74, 6) is -0.155. The van der Waals surface area contributed by atoms with Crippen molar-refractivity contribution in [3.8, 4) is 0 Å². The van der Waals surface area contributed by atoms with Gasteiger partial charge in [-0.25, -0.2) is 9.97 Å². The van der Waals surface area contributed by atoms with Gasteiger partial charge >= 0.3 is 0 Å². The zero-order chi connectivity index (χ0) is 21.3. The molecule has 1 aliphatic carbocycles. The smallest absolute Gasteiger partial charge is 0.271 e. The van der Waals surface area contributed by atoms with Crippen LogP contribution < -0.4 is 10.6 Å². The molecule has 2 amide bonds. The molecule has 31 heavy (non-hydrogen) atoms. The lowest BCUT2D eigenvalue weighted by atomic mass is 9.88. The van der Waals surface area contributed by atoms with Gasteiger partial charge in [-0.05, 0) is 37.5 Å². The fraction of sp³-hybridized carbons (Fsp3) is 0.409. The minimum Gasteiger partial charge on any atom is -0.376 e. The Bertz CT molecular complexity index is 1090. The lowest BCUT2D eigenvalue weighted by molar-refractivity contribution is -0.133. The van der Waals surface area contributed by atoms with E-state index in [1.54, 1.807) is 18.6 Å². The summed E-state index contributed by atoms with van der Waals surface area (Å²) in [6.45, 7) is 0.869. The Morgan fingerprint density at radius 3 is 2.77 bits per heavy atom. The average molecular weight is 419 g/mol. The second-order valence-electron chi connectivity index (χ2n) is 8.22. The molecule has 9 heteroatoms. The highest BCUT2D eigenvalue weighted by Crippen LogP contribution is 2.43. The number of nitrogens with zero attached hydrogens (tertiary/aromatic N) is 4. The van der Waals surface area contributed by atoms with Crippen molar-refractivity contribution in [1.29, 1.82) is 0 Å². The van der Waals surface area contributed by atoms with Crippen LogP contribution in [0.15, 0.2) is 43.1 Å². The Hall–Kier alpha value is -3.49. The van der Waals surface area contributed by atoms with Crippen LogP contribution in [0.25, 0.3) is 11.0 Å². The molecular weight excluding hydrogens is 394 g/mol. The van der Waals surface area contributed by atoms with E-state index in [-0.39, 0.29) is 29.9 Å². The van der Waals surface area contributed by atoms with Crippen molar-refractivity contribution < 1.29 is 9.59 Å². The summed E-state index contributed by atoms with van der Waals surface area (Å²) in [7, 11) is 0. The lowest BCUT2D eigenvalue weighted by Gasteiger charge is -2.39. The molecule has 9 nitrogen and oxygen atoms in total. The van der Waals surface area contributed by atoms with Crippen LogP contribution in [0.3, 0.4) is 0 Å². The zero-order valence-corrected chi connectivity index (χ0v) is 17.2. The minimum absolute atomic E-state index is 0.0607. The molecule has 3 N–H and O–H groups in total. The molecule has 1 saturated carbocycles. The number of anilines is 1. The molecule has 5 rings (SSSR count). The normalized spacial score (nSPS) is 19.7. The summed E-state index contributed by atoms with van der Waals surface area (Å²) in [6.07, 6.45) is 11.2. The molecule has 1 aliphatic heterocycles. The molecule has 1 spiro atoms. The first-order chi connectivity index (χ1) is 15.2. The van der Waals surface area contributed by atoms with Crippen LogP contribution in [0.2, 0.25) is 0 Å². The number of pyridine rings is 1. The fourth-order valence-corrected chi connectivity index (χ4v) is 5.15. The number of nitrogens with one attached hydrogen (secondary N) is 3. The SMILES string of the molecule is O=C(NC1CCN(C(=O)CNc2ccncc2)C12CCCC2)c1ncnc2[nH]ccc12. The van der Waals surface area contributed by atoms with E-state index in [0.29, 0.717) is 23.3 Å². The second kappa shape index (κ2) is 7.98. The van der Waals surface area contributed by atoms with Crippen LogP contribution in [-0.4, -0.2) is 61.3 Å². The van der Waals surface area contributed by atoms with E-state index in [4.69, 9.17) is 0 Å². The number of rotatable bonds is 5. The van der Waals surface area contributed by atoms with Crippen LogP contribution in [0.5, 0.6) is 0 Å². The topological polar surface area (TPSA) is 116 Å². The lowest BCUT2D eigenvalue weighted by Crippen LogP contribution is -2.57. The maximum absolute atomic E-state index is 13.1. The number of likely N-dealkylation sites (tertiary alicyclic amines) is 1. The van der Waals surface area contributed by atoms with Crippen LogP contribution in [0.4, 0.5) is 5.69 Å². The van der Waals surface area contributed by atoms with E-state index in [0.717, 1.165) is 37.8 Å². The fourth-order valence-electron chi connectivity index (χ4n) is 5.15. The number of aromatic amines is 1. The largest absolute Gasteiger partial charge is 0.376 e. The van der Waals surface area contributed by atoms with E-state index in [1.165, 1.54) is 6.33 Å². The zero-order valence-electron chi connectivity index (χ0n) is 17.2. The van der Waals surface area contributed by atoms with Crippen molar-refractivity contribution in [2.24, 2.45) is 0 Å². The van der Waals surface area contributed by atoms with Crippen molar-refractivity contribution in [2.75, 3.05) is 18.4 Å². The van der Waals surface area contributed by atoms with Crippen LogP contribution in [0.1, 0.15) is 42.6 Å². The Labute approximate surface area is 179 Å². The Morgan fingerprint density at radius 1 is 1.16 bits per heavy atom. The molecule has 0 radical (unpaired) electrons. The summed E-state index contributed by atoms with van der Waals surface area (Å²) >= 11 is 0. The maximum atomic E-state index is 13.1. The van der Waals surface area contributed by atoms with E-state index in [9.17, 15) is 9.59 Å². The molecule has 2 fully saturated rings. The number of carbonyl (C=O) groups is 2. The van der Waals surface area contributed by atoms with Gasteiger partial charge in [0, 0.05) is 30.8 Å². The Morgan fingerprint density at radius 2 is 1.97 bits per heavy atom. The number of amides is 2. The van der Waals surface area contributed by atoms with Crippen molar-refractivity contribution in [3.05, 3.63) is 48.8 Å². The molecule has 0 aromatic carbocycles. The molecule has 1 atom stereocenters. The molecule has 160 valence electrons. The first-order valence-corrected chi connectivity index (χ1v) is 10.7. The molecule has 2 aliphatic rings. The Balaban J connectivity index is 1.32. The van der Waals surface area contributed by atoms with Gasteiger partial charge in [0.15, 0.2) is 0 Å². The van der Waals surface area contributed by atoms with Gasteiger partial charge in [0.05, 0.1) is 23.5 Å². The van der Waals surface area contributed by atoms with E-state index >= 15 is 0 Å². The van der Waals surface area contributed by atoms with Gasteiger partial charge in [0.2, 0.25) is 5.91 Å². The Kier molecular flexibility index (Phi) is 5.01. The van der Waals surface area contributed by atoms with Gasteiger partial charge in [-0.3, -0.25) is 14.6 Å². The van der Waals surface area contributed by atoms with Crippen molar-refractivity contribution in [2.45, 2.75) is 43.7 Å². The van der Waals surface area contributed by atoms with Gasteiger partial charge in [-0.2, -0.15) is 0 Å². The molecular formula is C22H25N7O2. The van der Waals surface area contributed by atoms with Gasteiger partial charge < -0.3 is 20.5 Å². The highest BCUT2D eigenvalue weighted by atomic mass is 16.2. The third kappa shape index (κ3) is 3.49. The maximum Gasteiger partial charge on any atom is 0.271 e. The van der Waals surface area contributed by atoms with Crippen LogP contribution in [0, 0.1) is 0 Å². The van der Waals surface area contributed by atoms with Crippen molar-refractivity contribution in [3.63, 3.8) is 0 Å². The highest BCUT2D eigenvalue weighted by Gasteiger charge is 2.52. The molecule has 3 aromatic heterocycles. The van der Waals surface area contributed by atoms with Gasteiger partial charge in [-0.15, -0.1) is 0 Å². The number of H-pyrrole nitrogens is 1. The van der Waals surface area contributed by atoms with Crippen molar-refractivity contribution in [1.82, 2.24) is 30.2 Å². The van der Waals surface area contributed by atoms with E-state index in [1.807, 2.05) is 23.1 Å².